The number of hydrogen-bond donors (Lipinski definition) is 2. The number of halogens is 2. The predicted molar refractivity (Wildman–Crippen MR) is 97.1 cm³/mol. The maximum atomic E-state index is 10.7. The molecule has 0 radical (unpaired) electrons. The second-order valence-electron chi connectivity index (χ2n) is 5.14. The fraction of sp³-hybridized carbons (Fsp3) is 0.143. The van der Waals surface area contributed by atoms with Gasteiger partial charge in [-0.3, -0.25) is 0 Å². The van der Waals surface area contributed by atoms with Crippen LogP contribution in [0.5, 0.6) is 0 Å². The van der Waals surface area contributed by atoms with Crippen LogP contribution in [0.3, 0.4) is 0 Å². The van der Waals surface area contributed by atoms with Crippen LogP contribution in [0.2, 0.25) is 10.0 Å². The number of nitrogens with two attached hydrogens (primary N) is 2. The molecule has 8 nitrogen and oxygen atoms in total. The second kappa shape index (κ2) is 9.42. The normalized spacial score (nSPS) is 11.2. The summed E-state index contributed by atoms with van der Waals surface area (Å²) in [6, 6.07) is 4.97. The maximum absolute atomic E-state index is 10.7. The van der Waals surface area contributed by atoms with Gasteiger partial charge in [-0.15, -0.1) is 0 Å². The average molecular weight is 500 g/mol. The van der Waals surface area contributed by atoms with Gasteiger partial charge in [0.2, 0.25) is 0 Å². The van der Waals surface area contributed by atoms with E-state index in [0.717, 1.165) is 12.1 Å². The van der Waals surface area contributed by atoms with Crippen molar-refractivity contribution in [3.05, 3.63) is 45.4 Å². The Morgan fingerprint density at radius 3 is 1.22 bits per heavy atom. The van der Waals surface area contributed by atoms with Crippen molar-refractivity contribution >= 4 is 54.8 Å². The standard InChI is InChI=1S/2C7H8ClNO3S.Ni/c2*1-4-6(9)2-5(8)3-7(4)13(10,11)12;/h2*2-3H,9H2,1H3,(H,10,11,12);/q;;+2/p-2. The maximum Gasteiger partial charge on any atom is 2.00 e. The van der Waals surface area contributed by atoms with Crippen molar-refractivity contribution in [3.8, 4) is 0 Å². The molecule has 0 saturated carbocycles. The first-order chi connectivity index (χ1) is 11.6. The van der Waals surface area contributed by atoms with Gasteiger partial charge in [-0.2, -0.15) is 0 Å². The molecule has 27 heavy (non-hydrogen) atoms. The van der Waals surface area contributed by atoms with E-state index in [4.69, 9.17) is 34.7 Å². The van der Waals surface area contributed by atoms with Gasteiger partial charge in [0.05, 0.1) is 9.79 Å². The number of anilines is 2. The molecule has 0 aliphatic rings. The molecular weight excluding hydrogens is 486 g/mol. The largest absolute Gasteiger partial charge is 2.00 e. The van der Waals surface area contributed by atoms with Crippen LogP contribution in [0.4, 0.5) is 11.4 Å². The number of rotatable bonds is 2. The monoisotopic (exact) mass is 498 g/mol. The molecule has 0 bridgehead atoms. The van der Waals surface area contributed by atoms with Gasteiger partial charge in [-0.05, 0) is 49.2 Å². The van der Waals surface area contributed by atoms with Crippen molar-refractivity contribution in [1.29, 1.82) is 0 Å². The third-order valence-corrected chi connectivity index (χ3v) is 5.63. The smallest absolute Gasteiger partial charge is 0.744 e. The Morgan fingerprint density at radius 2 is 1.00 bits per heavy atom. The van der Waals surface area contributed by atoms with E-state index in [9.17, 15) is 25.9 Å². The van der Waals surface area contributed by atoms with E-state index < -0.39 is 20.2 Å². The molecule has 0 saturated heterocycles. The first-order valence-electron chi connectivity index (χ1n) is 6.67. The van der Waals surface area contributed by atoms with E-state index in [1.54, 1.807) is 0 Å². The third kappa shape index (κ3) is 7.11. The molecule has 0 aliphatic heterocycles. The van der Waals surface area contributed by atoms with Gasteiger partial charge in [0, 0.05) is 21.4 Å². The van der Waals surface area contributed by atoms with Gasteiger partial charge in [0.15, 0.2) is 0 Å². The summed E-state index contributed by atoms with van der Waals surface area (Å²) in [4.78, 5) is -0.727. The topological polar surface area (TPSA) is 166 Å². The fourth-order valence-electron chi connectivity index (χ4n) is 1.87. The number of nitrogen functional groups attached to an aromatic ring is 2. The third-order valence-electron chi connectivity index (χ3n) is 3.27. The van der Waals surface area contributed by atoms with Crippen LogP contribution >= 0.6 is 23.2 Å². The van der Waals surface area contributed by atoms with Gasteiger partial charge in [0.25, 0.3) is 0 Å². The van der Waals surface area contributed by atoms with Crippen LogP contribution in [-0.2, 0) is 36.7 Å². The minimum Gasteiger partial charge on any atom is -0.744 e. The van der Waals surface area contributed by atoms with Crippen molar-refractivity contribution < 1.29 is 42.4 Å². The summed E-state index contributed by atoms with van der Waals surface area (Å²) in [5, 5.41) is 0.273. The summed E-state index contributed by atoms with van der Waals surface area (Å²) in [5.74, 6) is 0. The van der Waals surface area contributed by atoms with Crippen LogP contribution < -0.4 is 11.5 Å². The Hall–Kier alpha value is -1.07. The average Bonchev–Trinajstić information content (AvgIpc) is 2.45. The summed E-state index contributed by atoms with van der Waals surface area (Å²) in [6.07, 6.45) is 0. The molecule has 0 atom stereocenters. The first kappa shape index (κ1) is 25.9. The molecule has 0 heterocycles. The molecular formula is C14H14Cl2N2NiO6S2. The zero-order valence-corrected chi connectivity index (χ0v) is 17.9. The zero-order chi connectivity index (χ0) is 20.4. The van der Waals surface area contributed by atoms with E-state index in [-0.39, 0.29) is 58.8 Å². The Bertz CT molecular complexity index is 974. The molecule has 2 aromatic rings. The van der Waals surface area contributed by atoms with Crippen LogP contribution in [-0.4, -0.2) is 25.9 Å². The second-order valence-corrected chi connectivity index (χ2v) is 8.71. The van der Waals surface area contributed by atoms with Crippen molar-refractivity contribution in [2.24, 2.45) is 0 Å². The molecule has 13 heteroatoms. The summed E-state index contributed by atoms with van der Waals surface area (Å²) < 4.78 is 64.1. The Morgan fingerprint density at radius 1 is 0.741 bits per heavy atom. The van der Waals surface area contributed by atoms with Crippen molar-refractivity contribution in [2.45, 2.75) is 23.6 Å². The van der Waals surface area contributed by atoms with Crippen LogP contribution in [0, 0.1) is 13.8 Å². The molecule has 0 fully saturated rings. The van der Waals surface area contributed by atoms with Gasteiger partial charge >= 0.3 is 16.5 Å². The Balaban J connectivity index is 0.000000483. The first-order valence-corrected chi connectivity index (χ1v) is 10.2. The molecule has 0 amide bonds. The molecule has 2 rings (SSSR count). The van der Waals surface area contributed by atoms with Crippen LogP contribution in [0.1, 0.15) is 11.1 Å². The predicted octanol–water partition coefficient (Wildman–Crippen LogP) is 2.27. The SMILES string of the molecule is Cc1c(N)cc(Cl)cc1S(=O)(=O)[O-].Cc1c(N)cc(Cl)cc1S(=O)(=O)[O-].[Ni+2]. The molecule has 0 unspecified atom stereocenters. The summed E-state index contributed by atoms with van der Waals surface area (Å²) in [6.45, 7) is 2.91. The molecule has 0 spiro atoms. The van der Waals surface area contributed by atoms with Crippen LogP contribution in [0.15, 0.2) is 34.1 Å². The number of benzene rings is 2. The van der Waals surface area contributed by atoms with Crippen molar-refractivity contribution in [3.63, 3.8) is 0 Å². The molecule has 2 aromatic carbocycles. The Labute approximate surface area is 177 Å². The molecule has 152 valence electrons. The summed E-state index contributed by atoms with van der Waals surface area (Å²) >= 11 is 11.1. The molecule has 4 N–H and O–H groups in total. The summed E-state index contributed by atoms with van der Waals surface area (Å²) in [5.41, 5.74) is 11.7. The minimum absolute atomic E-state index is 0. The van der Waals surface area contributed by atoms with Gasteiger partial charge in [-0.1, -0.05) is 23.2 Å². The van der Waals surface area contributed by atoms with E-state index in [1.807, 2.05) is 0 Å². The van der Waals surface area contributed by atoms with Gasteiger partial charge < -0.3 is 20.6 Å². The van der Waals surface area contributed by atoms with Crippen LogP contribution in [0.25, 0.3) is 0 Å². The van der Waals surface area contributed by atoms with Gasteiger partial charge in [-0.25, -0.2) is 16.8 Å². The minimum atomic E-state index is -4.49. The number of hydrogen-bond acceptors (Lipinski definition) is 8. The van der Waals surface area contributed by atoms with E-state index >= 15 is 0 Å². The summed E-state index contributed by atoms with van der Waals surface area (Å²) in [7, 11) is -8.99. The molecule has 0 aromatic heterocycles. The van der Waals surface area contributed by atoms with E-state index in [1.165, 1.54) is 26.0 Å². The van der Waals surface area contributed by atoms with Gasteiger partial charge in [0.1, 0.15) is 20.2 Å². The fourth-order valence-corrected chi connectivity index (χ4v) is 3.98. The van der Waals surface area contributed by atoms with E-state index in [0.29, 0.717) is 0 Å². The van der Waals surface area contributed by atoms with E-state index in [2.05, 4.69) is 0 Å². The zero-order valence-electron chi connectivity index (χ0n) is 13.8. The van der Waals surface area contributed by atoms with Crippen molar-refractivity contribution in [2.75, 3.05) is 11.5 Å². The quantitative estimate of drug-likeness (QED) is 0.360. The Kier molecular flexibility index (Phi) is 9.05. The van der Waals surface area contributed by atoms with Crippen molar-refractivity contribution in [1.82, 2.24) is 0 Å². The molecule has 0 aliphatic carbocycles.